The van der Waals surface area contributed by atoms with Gasteiger partial charge in [-0.25, -0.2) is 4.98 Å². The van der Waals surface area contributed by atoms with Gasteiger partial charge < -0.3 is 10.2 Å². The fraction of sp³-hybridized carbons (Fsp3) is 0.250. The molecule has 0 aliphatic rings. The Balaban J connectivity index is 2.46. The minimum Gasteiger partial charge on any atom is -0.502 e. The van der Waals surface area contributed by atoms with Crippen LogP contribution in [0.15, 0.2) is 18.2 Å². The number of rotatable bonds is 4. The highest BCUT2D eigenvalue weighted by atomic mass is 32.1. The van der Waals surface area contributed by atoms with Gasteiger partial charge in [-0.1, -0.05) is 0 Å². The van der Waals surface area contributed by atoms with Gasteiger partial charge in [0.15, 0.2) is 10.1 Å². The van der Waals surface area contributed by atoms with Gasteiger partial charge in [0, 0.05) is 6.42 Å². The number of hydrogen-bond acceptors (Lipinski definition) is 4. The van der Waals surface area contributed by atoms with Gasteiger partial charge in [-0.3, -0.25) is 0 Å². The Hall–Kier alpha value is -1.32. The second-order valence-electron chi connectivity index (χ2n) is 4.22. The van der Waals surface area contributed by atoms with E-state index in [1.165, 1.54) is 6.07 Å². The van der Waals surface area contributed by atoms with Crippen LogP contribution in [0.1, 0.15) is 22.9 Å². The number of aliphatic hydroxyl groups is 2. The maximum Gasteiger partial charge on any atom is 0.416 e. The molecule has 9 heteroatoms. The molecule has 0 radical (unpaired) electrons. The van der Waals surface area contributed by atoms with Crippen molar-refractivity contribution in [3.8, 4) is 0 Å². The summed E-state index contributed by atoms with van der Waals surface area (Å²) in [5.74, 6) is -0.802. The minimum absolute atomic E-state index is 0.101. The summed E-state index contributed by atoms with van der Waals surface area (Å²) in [6, 6.07) is 3.21. The van der Waals surface area contributed by atoms with Crippen LogP contribution in [0.3, 0.4) is 0 Å². The zero-order valence-electron chi connectivity index (χ0n) is 10.2. The lowest BCUT2D eigenvalue weighted by Crippen LogP contribution is -2.13. The first-order valence-corrected chi connectivity index (χ1v) is 7.24. The maximum atomic E-state index is 12.6. The molecule has 0 fully saturated rings. The summed E-state index contributed by atoms with van der Waals surface area (Å²) in [4.78, 5) is 4.06. The van der Waals surface area contributed by atoms with Gasteiger partial charge in [0.25, 0.3) is 0 Å². The lowest BCUT2D eigenvalue weighted by Gasteiger charge is -2.08. The van der Waals surface area contributed by atoms with Crippen molar-refractivity contribution in [3.63, 3.8) is 0 Å². The number of hydrogen-bond donors (Lipinski definition) is 2. The van der Waals surface area contributed by atoms with E-state index in [9.17, 15) is 18.3 Å². The molecule has 2 rings (SSSR count). The van der Waals surface area contributed by atoms with E-state index >= 15 is 0 Å². The van der Waals surface area contributed by atoms with Crippen LogP contribution < -0.4 is 0 Å². The van der Waals surface area contributed by atoms with Crippen molar-refractivity contribution in [1.29, 1.82) is 0 Å². The molecule has 0 aliphatic heterocycles. The molecular formula is C12H8F3NO2S3. The zero-order chi connectivity index (χ0) is 15.8. The number of fused-ring (bicyclic) bond motifs is 1. The number of thiocarbonyl (C=S) groups is 2. The van der Waals surface area contributed by atoms with Crippen molar-refractivity contribution in [3.05, 3.63) is 28.8 Å². The van der Waals surface area contributed by atoms with E-state index < -0.39 is 22.7 Å². The summed E-state index contributed by atoms with van der Waals surface area (Å²) in [5.41, 5.74) is -0.636. The van der Waals surface area contributed by atoms with Crippen molar-refractivity contribution in [2.45, 2.75) is 18.5 Å². The first kappa shape index (κ1) is 16.1. The molecule has 1 unspecified atom stereocenters. The highest BCUT2D eigenvalue weighted by Crippen LogP contribution is 2.35. The predicted octanol–water partition coefficient (Wildman–Crippen LogP) is 4.56. The quantitative estimate of drug-likeness (QED) is 0.791. The monoisotopic (exact) mass is 351 g/mol. The summed E-state index contributed by atoms with van der Waals surface area (Å²) in [5, 5.41) is 18.2. The molecule has 1 aromatic carbocycles. The van der Waals surface area contributed by atoms with Crippen molar-refractivity contribution in [2.75, 3.05) is 0 Å². The molecule has 1 aromatic heterocycles. The number of aromatic nitrogens is 1. The molecule has 0 bridgehead atoms. The zero-order valence-corrected chi connectivity index (χ0v) is 12.7. The van der Waals surface area contributed by atoms with Crippen molar-refractivity contribution in [1.82, 2.24) is 4.98 Å². The van der Waals surface area contributed by atoms with E-state index in [0.717, 1.165) is 23.5 Å². The van der Waals surface area contributed by atoms with Crippen LogP contribution in [0.25, 0.3) is 10.2 Å². The maximum absolute atomic E-state index is 12.6. The average molecular weight is 351 g/mol. The predicted molar refractivity (Wildman–Crippen MR) is 82.4 cm³/mol. The van der Waals surface area contributed by atoms with E-state index in [1.807, 2.05) is 0 Å². The van der Waals surface area contributed by atoms with Crippen molar-refractivity contribution < 1.29 is 23.4 Å². The molecule has 0 saturated carbocycles. The fourth-order valence-corrected chi connectivity index (χ4v) is 3.21. The topological polar surface area (TPSA) is 53.4 Å². The molecule has 0 aliphatic carbocycles. The summed E-state index contributed by atoms with van der Waals surface area (Å²) >= 11 is 10.3. The first-order valence-electron chi connectivity index (χ1n) is 5.61. The number of nitrogens with zero attached hydrogens (tertiary/aromatic N) is 1. The molecule has 3 nitrogen and oxygen atoms in total. The second-order valence-corrected chi connectivity index (χ2v) is 6.17. The third kappa shape index (κ3) is 3.66. The molecule has 1 heterocycles. The van der Waals surface area contributed by atoms with Crippen LogP contribution in [-0.2, 0) is 6.18 Å². The molecular weight excluding hydrogens is 343 g/mol. The van der Waals surface area contributed by atoms with Crippen LogP contribution in [-0.4, -0.2) is 25.3 Å². The Labute approximate surface area is 132 Å². The Morgan fingerprint density at radius 2 is 1.95 bits per heavy atom. The highest BCUT2D eigenvalue weighted by Gasteiger charge is 2.31. The Morgan fingerprint density at radius 3 is 2.48 bits per heavy atom. The molecule has 0 amide bonds. The minimum atomic E-state index is -4.45. The number of benzene rings is 1. The van der Waals surface area contributed by atoms with Crippen LogP contribution in [0, 0.1) is 0 Å². The van der Waals surface area contributed by atoms with E-state index in [0.29, 0.717) is 9.71 Å². The van der Waals surface area contributed by atoms with Crippen LogP contribution in [0.2, 0.25) is 0 Å². The normalized spacial score (nSPS) is 13.3. The second kappa shape index (κ2) is 5.82. The standard InChI is InChI=1S/C12H8F3NO2S3/c13-12(14,15)5-1-2-8-7(3-5)16-10(21-8)6(11(18)20)4-9(17)19/h1-3,6H,4H2,(H,17,19)(H,18,20). The van der Waals surface area contributed by atoms with Gasteiger partial charge in [0.2, 0.25) is 0 Å². The van der Waals surface area contributed by atoms with E-state index in [1.54, 1.807) is 0 Å². The number of halogens is 3. The molecule has 0 saturated heterocycles. The molecule has 0 spiro atoms. The van der Waals surface area contributed by atoms with Crippen LogP contribution >= 0.6 is 35.8 Å². The Bertz CT molecular complexity index is 711. The molecule has 2 N–H and O–H groups in total. The number of thiazole rings is 1. The lowest BCUT2D eigenvalue weighted by molar-refractivity contribution is -0.137. The van der Waals surface area contributed by atoms with Gasteiger partial charge in [-0.2, -0.15) is 13.2 Å². The van der Waals surface area contributed by atoms with Crippen LogP contribution in [0.5, 0.6) is 0 Å². The SMILES string of the molecule is OC(=S)CC(C(O)=S)c1nc2cc(C(F)(F)F)ccc2s1. The summed E-state index contributed by atoms with van der Waals surface area (Å²) < 4.78 is 38.5. The largest absolute Gasteiger partial charge is 0.502 e. The lowest BCUT2D eigenvalue weighted by atomic mass is 10.1. The highest BCUT2D eigenvalue weighted by molar-refractivity contribution is 7.80. The number of aliphatic hydroxyl groups excluding tert-OH is 2. The van der Waals surface area contributed by atoms with E-state index in [2.05, 4.69) is 29.4 Å². The molecule has 21 heavy (non-hydrogen) atoms. The Morgan fingerprint density at radius 1 is 1.29 bits per heavy atom. The summed E-state index contributed by atoms with van der Waals surface area (Å²) in [7, 11) is 0. The van der Waals surface area contributed by atoms with Crippen LogP contribution in [0.4, 0.5) is 13.2 Å². The van der Waals surface area contributed by atoms with Crippen molar-refractivity contribution >= 4 is 56.1 Å². The fourth-order valence-electron chi connectivity index (χ4n) is 1.73. The summed E-state index contributed by atoms with van der Waals surface area (Å²) in [6.07, 6.45) is -4.55. The third-order valence-corrected chi connectivity index (χ3v) is 4.31. The number of alkyl halides is 3. The summed E-state index contributed by atoms with van der Waals surface area (Å²) in [6.45, 7) is 0. The van der Waals surface area contributed by atoms with Gasteiger partial charge in [0.05, 0.1) is 21.7 Å². The van der Waals surface area contributed by atoms with Gasteiger partial charge in [-0.05, 0) is 42.6 Å². The smallest absolute Gasteiger partial charge is 0.416 e. The third-order valence-electron chi connectivity index (χ3n) is 2.71. The molecule has 1 atom stereocenters. The van der Waals surface area contributed by atoms with E-state index in [-0.39, 0.29) is 17.0 Å². The average Bonchev–Trinajstić information content (AvgIpc) is 2.76. The van der Waals surface area contributed by atoms with Gasteiger partial charge in [-0.15, -0.1) is 11.3 Å². The molecule has 112 valence electrons. The van der Waals surface area contributed by atoms with E-state index in [4.69, 9.17) is 5.11 Å². The first-order chi connectivity index (χ1) is 9.68. The van der Waals surface area contributed by atoms with Crippen molar-refractivity contribution in [2.24, 2.45) is 0 Å². The molecule has 2 aromatic rings. The van der Waals surface area contributed by atoms with Gasteiger partial charge in [0.1, 0.15) is 5.01 Å². The van der Waals surface area contributed by atoms with Gasteiger partial charge >= 0.3 is 6.18 Å². The Kier molecular flexibility index (Phi) is 4.45.